The minimum absolute atomic E-state index is 0.0605. The van der Waals surface area contributed by atoms with Crippen LogP contribution in [0.15, 0.2) is 64.1 Å². The van der Waals surface area contributed by atoms with E-state index in [0.717, 1.165) is 16.8 Å². The summed E-state index contributed by atoms with van der Waals surface area (Å²) in [5, 5.41) is 11.9. The molecular formula is C32H34Cl2N4O3S. The second-order valence-corrected chi connectivity index (χ2v) is 14.2. The van der Waals surface area contributed by atoms with E-state index in [1.807, 2.05) is 62.4 Å². The zero-order valence-electron chi connectivity index (χ0n) is 24.5. The van der Waals surface area contributed by atoms with E-state index in [4.69, 9.17) is 32.9 Å². The molecule has 0 spiro atoms. The van der Waals surface area contributed by atoms with Crippen LogP contribution in [0.1, 0.15) is 71.6 Å². The van der Waals surface area contributed by atoms with E-state index in [-0.39, 0.29) is 17.9 Å². The van der Waals surface area contributed by atoms with Gasteiger partial charge in [-0.2, -0.15) is 5.26 Å². The minimum atomic E-state index is -0.827. The summed E-state index contributed by atoms with van der Waals surface area (Å²) >= 11 is 13.8. The average Bonchev–Trinajstić information content (AvgIpc) is 3.58. The van der Waals surface area contributed by atoms with Gasteiger partial charge in [0, 0.05) is 15.7 Å². The Hall–Kier alpha value is -2.99. The molecule has 1 amide bonds. The lowest BCUT2D eigenvalue weighted by molar-refractivity contribution is -0.163. The standard InChI is InChI=1S/C32H34Cl2N4O3S/c1-18(2)25-26(28(39)37-23(17-35)15-16-24(37)29(40)41-31(3,4)5)42-30-36-32(6,20-9-13-22(34)14-10-20)27(38(25)30)19-7-11-21(33)12-8-19/h7-14,18,23-24,27H,15-16H2,1-6H3/t23-,24-,27+,32-/m0/s1. The molecule has 42 heavy (non-hydrogen) atoms. The van der Waals surface area contributed by atoms with E-state index in [0.29, 0.717) is 33.0 Å². The van der Waals surface area contributed by atoms with E-state index >= 15 is 0 Å². The van der Waals surface area contributed by atoms with E-state index in [9.17, 15) is 14.9 Å². The van der Waals surface area contributed by atoms with Gasteiger partial charge in [0.25, 0.3) is 5.91 Å². The van der Waals surface area contributed by atoms with Crippen molar-refractivity contribution < 1.29 is 14.3 Å². The lowest BCUT2D eigenvalue weighted by Gasteiger charge is -2.37. The fraction of sp³-hybridized carbons (Fsp3) is 0.438. The first kappa shape index (κ1) is 30.5. The fourth-order valence-electron chi connectivity index (χ4n) is 6.00. The van der Waals surface area contributed by atoms with Crippen molar-refractivity contribution in [2.24, 2.45) is 10.9 Å². The predicted molar refractivity (Wildman–Crippen MR) is 167 cm³/mol. The number of nitrogens with zero attached hydrogens (tertiary/aromatic N) is 4. The Morgan fingerprint density at radius 2 is 1.67 bits per heavy atom. The molecule has 1 saturated heterocycles. The molecule has 4 atom stereocenters. The topological polar surface area (TPSA) is 86.0 Å². The highest BCUT2D eigenvalue weighted by atomic mass is 35.5. The maximum atomic E-state index is 14.4. The molecule has 7 nitrogen and oxygen atoms in total. The number of aliphatic imine (C=N–C) groups is 1. The highest BCUT2D eigenvalue weighted by Crippen LogP contribution is 2.56. The summed E-state index contributed by atoms with van der Waals surface area (Å²) in [6, 6.07) is 15.8. The van der Waals surface area contributed by atoms with Crippen LogP contribution in [-0.4, -0.2) is 44.5 Å². The van der Waals surface area contributed by atoms with E-state index in [2.05, 4.69) is 17.9 Å². The zero-order chi connectivity index (χ0) is 30.6. The number of ether oxygens (including phenoxy) is 1. The summed E-state index contributed by atoms with van der Waals surface area (Å²) in [4.78, 5) is 36.9. The van der Waals surface area contributed by atoms with Crippen LogP contribution in [0.3, 0.4) is 0 Å². The van der Waals surface area contributed by atoms with E-state index in [1.165, 1.54) is 16.7 Å². The van der Waals surface area contributed by atoms with Crippen LogP contribution in [0.2, 0.25) is 10.0 Å². The molecule has 0 bridgehead atoms. The number of benzene rings is 2. The predicted octanol–water partition coefficient (Wildman–Crippen LogP) is 7.46. The van der Waals surface area contributed by atoms with Gasteiger partial charge in [0.1, 0.15) is 28.1 Å². The number of allylic oxidation sites excluding steroid dienone is 1. The van der Waals surface area contributed by atoms with Gasteiger partial charge in [-0.05, 0) is 93.6 Å². The molecule has 10 heteroatoms. The summed E-state index contributed by atoms with van der Waals surface area (Å²) in [5.41, 5.74) is 1.38. The van der Waals surface area contributed by atoms with Crippen LogP contribution >= 0.6 is 35.0 Å². The molecule has 0 N–H and O–H groups in total. The molecule has 2 aromatic rings. The number of fused-ring (bicyclic) bond motifs is 1. The summed E-state index contributed by atoms with van der Waals surface area (Å²) in [6.45, 7) is 11.6. The highest BCUT2D eigenvalue weighted by Gasteiger charge is 2.54. The Kier molecular flexibility index (Phi) is 8.17. The van der Waals surface area contributed by atoms with Crippen molar-refractivity contribution in [3.05, 3.63) is 80.3 Å². The Morgan fingerprint density at radius 1 is 1.07 bits per heavy atom. The van der Waals surface area contributed by atoms with Crippen LogP contribution in [0.4, 0.5) is 0 Å². The summed E-state index contributed by atoms with van der Waals surface area (Å²) in [5.74, 6) is -0.895. The van der Waals surface area contributed by atoms with Crippen LogP contribution < -0.4 is 0 Å². The number of amides is 1. The average molecular weight is 626 g/mol. The third-order valence-corrected chi connectivity index (χ3v) is 9.38. The number of hydrogen-bond acceptors (Lipinski definition) is 7. The normalized spacial score (nSPS) is 25.5. The number of carbonyl (C=O) groups is 2. The van der Waals surface area contributed by atoms with Gasteiger partial charge in [0.15, 0.2) is 5.17 Å². The quantitative estimate of drug-likeness (QED) is 0.321. The molecule has 0 aliphatic carbocycles. The number of carbonyl (C=O) groups excluding carboxylic acids is 2. The van der Waals surface area contributed by atoms with Gasteiger partial charge in [-0.25, -0.2) is 9.79 Å². The van der Waals surface area contributed by atoms with Crippen LogP contribution in [-0.2, 0) is 19.9 Å². The number of amidine groups is 1. The van der Waals surface area contributed by atoms with Crippen molar-refractivity contribution in [1.29, 1.82) is 5.26 Å². The lowest BCUT2D eigenvalue weighted by atomic mass is 9.81. The molecule has 220 valence electrons. The van der Waals surface area contributed by atoms with Crippen LogP contribution in [0, 0.1) is 17.2 Å². The third kappa shape index (κ3) is 5.43. The molecule has 0 radical (unpaired) electrons. The highest BCUT2D eigenvalue weighted by molar-refractivity contribution is 8.18. The van der Waals surface area contributed by atoms with E-state index < -0.39 is 29.2 Å². The summed E-state index contributed by atoms with van der Waals surface area (Å²) in [7, 11) is 0. The van der Waals surface area contributed by atoms with Gasteiger partial charge in [-0.15, -0.1) is 0 Å². The van der Waals surface area contributed by atoms with Gasteiger partial charge in [0.05, 0.1) is 12.1 Å². The molecule has 0 unspecified atom stereocenters. The van der Waals surface area contributed by atoms with Crippen molar-refractivity contribution in [3.8, 4) is 6.07 Å². The Balaban J connectivity index is 1.61. The second-order valence-electron chi connectivity index (χ2n) is 12.3. The monoisotopic (exact) mass is 624 g/mol. The number of hydrogen-bond donors (Lipinski definition) is 0. The third-order valence-electron chi connectivity index (χ3n) is 7.81. The number of likely N-dealkylation sites (tertiary alicyclic amines) is 1. The van der Waals surface area contributed by atoms with Gasteiger partial charge in [0.2, 0.25) is 0 Å². The molecule has 3 aliphatic heterocycles. The number of thioether (sulfide) groups is 1. The number of halogens is 2. The zero-order valence-corrected chi connectivity index (χ0v) is 26.8. The Morgan fingerprint density at radius 3 is 2.21 bits per heavy atom. The van der Waals surface area contributed by atoms with Gasteiger partial charge in [-0.3, -0.25) is 4.79 Å². The Bertz CT molecular complexity index is 1510. The van der Waals surface area contributed by atoms with Gasteiger partial charge in [-0.1, -0.05) is 61.3 Å². The lowest BCUT2D eigenvalue weighted by Crippen LogP contribution is -2.47. The molecule has 0 saturated carbocycles. The molecule has 0 aromatic heterocycles. The van der Waals surface area contributed by atoms with Crippen molar-refractivity contribution in [2.45, 2.75) is 83.6 Å². The first-order chi connectivity index (χ1) is 19.7. The molecular weight excluding hydrogens is 591 g/mol. The maximum Gasteiger partial charge on any atom is 0.329 e. The van der Waals surface area contributed by atoms with Crippen LogP contribution in [0.5, 0.6) is 0 Å². The van der Waals surface area contributed by atoms with Gasteiger partial charge < -0.3 is 14.5 Å². The number of rotatable bonds is 5. The minimum Gasteiger partial charge on any atom is -0.458 e. The largest absolute Gasteiger partial charge is 0.458 e. The summed E-state index contributed by atoms with van der Waals surface area (Å²) in [6.07, 6.45) is 0.786. The van der Waals surface area contributed by atoms with Crippen molar-refractivity contribution >= 4 is 52.0 Å². The van der Waals surface area contributed by atoms with Crippen molar-refractivity contribution in [2.75, 3.05) is 0 Å². The molecule has 5 rings (SSSR count). The Labute approximate surface area is 261 Å². The fourth-order valence-corrected chi connectivity index (χ4v) is 7.61. The molecule has 1 fully saturated rings. The van der Waals surface area contributed by atoms with Gasteiger partial charge >= 0.3 is 5.97 Å². The first-order valence-corrected chi connectivity index (χ1v) is 15.6. The smallest absolute Gasteiger partial charge is 0.329 e. The first-order valence-electron chi connectivity index (χ1n) is 14.0. The van der Waals surface area contributed by atoms with Crippen LogP contribution in [0.25, 0.3) is 0 Å². The van der Waals surface area contributed by atoms with Crippen molar-refractivity contribution in [1.82, 2.24) is 9.80 Å². The molecule has 2 aromatic carbocycles. The second kappa shape index (κ2) is 11.3. The number of nitriles is 1. The van der Waals surface area contributed by atoms with Crippen molar-refractivity contribution in [3.63, 3.8) is 0 Å². The summed E-state index contributed by atoms with van der Waals surface area (Å²) < 4.78 is 5.66. The maximum absolute atomic E-state index is 14.4. The SMILES string of the molecule is CC(C)C1=C(C(=O)N2[C@H](C#N)CC[C@H]2C(=O)OC(C)(C)C)SC2=N[C@@](C)(c3ccc(Cl)cc3)[C@@H](c3ccc(Cl)cc3)N21. The molecule has 3 heterocycles. The van der Waals surface area contributed by atoms with E-state index in [1.54, 1.807) is 20.8 Å². The molecule has 3 aliphatic rings. The number of esters is 1.